The Kier molecular flexibility index (Phi) is 7.38. The zero-order chi connectivity index (χ0) is 26.9. The molecule has 0 spiro atoms. The Morgan fingerprint density at radius 2 is 1.78 bits per heavy atom. The van der Waals surface area contributed by atoms with Crippen molar-refractivity contribution >= 4 is 29.1 Å². The maximum atomic E-state index is 13.6. The first-order valence-corrected chi connectivity index (χ1v) is 11.6. The number of phenolic OH excluding ortho intramolecular Hbond substituents is 1. The number of hydrogen-bond acceptors (Lipinski definition) is 4. The third-order valence-electron chi connectivity index (χ3n) is 5.62. The molecule has 0 aliphatic heterocycles. The average Bonchev–Trinajstić information content (AvgIpc) is 3.24. The lowest BCUT2D eigenvalue weighted by atomic mass is 9.97. The molecule has 1 heterocycles. The number of carbonyl (C=O) groups is 1. The summed E-state index contributed by atoms with van der Waals surface area (Å²) in [6, 6.07) is 14.7. The van der Waals surface area contributed by atoms with E-state index in [4.69, 9.17) is 27.9 Å². The van der Waals surface area contributed by atoms with Crippen LogP contribution in [-0.4, -0.2) is 27.8 Å². The van der Waals surface area contributed by atoms with Gasteiger partial charge in [-0.3, -0.25) is 9.48 Å². The number of amides is 1. The van der Waals surface area contributed by atoms with E-state index in [9.17, 15) is 23.1 Å². The Bertz CT molecular complexity index is 1470. The van der Waals surface area contributed by atoms with Gasteiger partial charge in [-0.05, 0) is 53.6 Å². The minimum absolute atomic E-state index is 0.0146. The highest BCUT2D eigenvalue weighted by Gasteiger charge is 2.34. The highest BCUT2D eigenvalue weighted by atomic mass is 35.5. The van der Waals surface area contributed by atoms with E-state index < -0.39 is 22.7 Å². The number of aromatic nitrogens is 2. The van der Waals surface area contributed by atoms with E-state index in [1.807, 2.05) is 0 Å². The monoisotopic (exact) mass is 549 g/mol. The van der Waals surface area contributed by atoms with Gasteiger partial charge < -0.3 is 15.2 Å². The zero-order valence-electron chi connectivity index (χ0n) is 19.5. The van der Waals surface area contributed by atoms with Crippen LogP contribution in [0.25, 0.3) is 22.4 Å². The Labute approximate surface area is 220 Å². The van der Waals surface area contributed by atoms with Crippen molar-refractivity contribution in [1.82, 2.24) is 15.1 Å². The summed E-state index contributed by atoms with van der Waals surface area (Å²) in [5.74, 6) is -0.629. The summed E-state index contributed by atoms with van der Waals surface area (Å²) in [5, 5.41) is 18.2. The largest absolute Gasteiger partial charge is 0.506 e. The van der Waals surface area contributed by atoms with Crippen molar-refractivity contribution in [3.05, 3.63) is 87.5 Å². The van der Waals surface area contributed by atoms with Crippen molar-refractivity contribution in [3.8, 4) is 33.9 Å². The third-order valence-corrected chi connectivity index (χ3v) is 6.20. The minimum atomic E-state index is -4.71. The number of rotatable bonds is 6. The van der Waals surface area contributed by atoms with Crippen LogP contribution < -0.4 is 10.1 Å². The summed E-state index contributed by atoms with van der Waals surface area (Å²) in [4.78, 5) is 12.1. The molecule has 0 aliphatic carbocycles. The van der Waals surface area contributed by atoms with E-state index in [1.165, 1.54) is 36.0 Å². The number of carbonyl (C=O) groups excluding carboxylic acids is 1. The van der Waals surface area contributed by atoms with Crippen LogP contribution in [0.5, 0.6) is 11.5 Å². The first-order valence-electron chi connectivity index (χ1n) is 10.9. The van der Waals surface area contributed by atoms with Crippen molar-refractivity contribution in [2.45, 2.75) is 12.8 Å². The topological polar surface area (TPSA) is 76.4 Å². The summed E-state index contributed by atoms with van der Waals surface area (Å²) in [6.07, 6.45) is -4.71. The first kappa shape index (κ1) is 26.4. The molecule has 4 aromatic rings. The fourth-order valence-corrected chi connectivity index (χ4v) is 4.11. The minimum Gasteiger partial charge on any atom is -0.506 e. The number of aromatic hydroxyl groups is 1. The predicted molar refractivity (Wildman–Crippen MR) is 135 cm³/mol. The number of hydrogen-bond donors (Lipinski definition) is 2. The van der Waals surface area contributed by atoms with Crippen LogP contribution in [-0.2, 0) is 19.8 Å². The van der Waals surface area contributed by atoms with E-state index in [2.05, 4.69) is 10.4 Å². The number of benzene rings is 3. The molecule has 11 heteroatoms. The molecule has 1 aromatic heterocycles. The van der Waals surface area contributed by atoms with Gasteiger partial charge in [-0.25, -0.2) is 0 Å². The van der Waals surface area contributed by atoms with Gasteiger partial charge in [0.25, 0.3) is 5.91 Å². The van der Waals surface area contributed by atoms with Crippen LogP contribution in [0.2, 0.25) is 10.0 Å². The Hall–Kier alpha value is -3.69. The Balaban J connectivity index is 1.85. The van der Waals surface area contributed by atoms with Crippen molar-refractivity contribution < 1.29 is 27.8 Å². The molecule has 3 aromatic carbocycles. The molecule has 0 saturated heterocycles. The van der Waals surface area contributed by atoms with Crippen LogP contribution >= 0.6 is 23.2 Å². The van der Waals surface area contributed by atoms with E-state index in [0.717, 1.165) is 17.7 Å². The molecular formula is C26H20Cl2F3N3O3. The van der Waals surface area contributed by atoms with Crippen LogP contribution in [0.15, 0.2) is 60.7 Å². The lowest BCUT2D eigenvalue weighted by molar-refractivity contribution is -0.137. The van der Waals surface area contributed by atoms with Crippen molar-refractivity contribution in [2.24, 2.45) is 7.05 Å². The molecule has 0 unspecified atom stereocenters. The van der Waals surface area contributed by atoms with Gasteiger partial charge in [0.15, 0.2) is 0 Å². The second-order valence-corrected chi connectivity index (χ2v) is 8.90. The molecule has 4 rings (SSSR count). The normalized spacial score (nSPS) is 11.4. The second-order valence-electron chi connectivity index (χ2n) is 8.06. The molecule has 2 N–H and O–H groups in total. The number of nitrogens with zero attached hydrogens (tertiary/aromatic N) is 2. The molecule has 37 heavy (non-hydrogen) atoms. The Morgan fingerprint density at radius 3 is 2.43 bits per heavy atom. The summed E-state index contributed by atoms with van der Waals surface area (Å²) < 4.78 is 48.1. The van der Waals surface area contributed by atoms with E-state index >= 15 is 0 Å². The zero-order valence-corrected chi connectivity index (χ0v) is 21.0. The van der Waals surface area contributed by atoms with Crippen molar-refractivity contribution in [1.29, 1.82) is 0 Å². The van der Waals surface area contributed by atoms with Crippen LogP contribution in [0.3, 0.4) is 0 Å². The van der Waals surface area contributed by atoms with Gasteiger partial charge in [-0.2, -0.15) is 18.3 Å². The molecule has 0 aliphatic rings. The molecule has 1 amide bonds. The fraction of sp³-hybridized carbons (Fsp3) is 0.154. The molecule has 0 radical (unpaired) electrons. The van der Waals surface area contributed by atoms with Gasteiger partial charge in [0.1, 0.15) is 23.8 Å². The number of nitrogens with one attached hydrogen (secondary N) is 1. The maximum Gasteiger partial charge on any atom is 0.417 e. The summed E-state index contributed by atoms with van der Waals surface area (Å²) in [7, 11) is 3.03. The molecule has 0 atom stereocenters. The van der Waals surface area contributed by atoms with Crippen LogP contribution in [0.4, 0.5) is 13.2 Å². The number of phenols is 1. The van der Waals surface area contributed by atoms with Gasteiger partial charge in [0, 0.05) is 24.7 Å². The number of halogens is 5. The number of aryl methyl sites for hydroxylation is 1. The Morgan fingerprint density at radius 1 is 1.08 bits per heavy atom. The molecule has 6 nitrogen and oxygen atoms in total. The van der Waals surface area contributed by atoms with E-state index in [-0.39, 0.29) is 46.2 Å². The van der Waals surface area contributed by atoms with Crippen molar-refractivity contribution in [2.75, 3.05) is 7.05 Å². The highest BCUT2D eigenvalue weighted by Crippen LogP contribution is 2.46. The smallest absolute Gasteiger partial charge is 0.417 e. The molecular weight excluding hydrogens is 530 g/mol. The lowest BCUT2D eigenvalue weighted by Gasteiger charge is -2.17. The average molecular weight is 550 g/mol. The molecule has 0 fully saturated rings. The first-order chi connectivity index (χ1) is 17.5. The van der Waals surface area contributed by atoms with Crippen molar-refractivity contribution in [3.63, 3.8) is 0 Å². The lowest BCUT2D eigenvalue weighted by Crippen LogP contribution is -2.20. The molecule has 0 bridgehead atoms. The molecule has 192 valence electrons. The number of ether oxygens (including phenoxy) is 1. The van der Waals surface area contributed by atoms with Crippen LogP contribution in [0, 0.1) is 0 Å². The van der Waals surface area contributed by atoms with Crippen LogP contribution in [0.1, 0.15) is 21.6 Å². The second kappa shape index (κ2) is 10.4. The van der Waals surface area contributed by atoms with Gasteiger partial charge in [0.05, 0.1) is 21.8 Å². The van der Waals surface area contributed by atoms with Gasteiger partial charge >= 0.3 is 6.18 Å². The summed E-state index contributed by atoms with van der Waals surface area (Å²) in [6.45, 7) is 0.0626. The third kappa shape index (κ3) is 5.52. The maximum absolute atomic E-state index is 13.6. The number of alkyl halides is 3. The predicted octanol–water partition coefficient (Wildman–Crippen LogP) is 6.72. The van der Waals surface area contributed by atoms with Gasteiger partial charge in [-0.15, -0.1) is 0 Å². The summed E-state index contributed by atoms with van der Waals surface area (Å²) >= 11 is 11.7. The highest BCUT2D eigenvalue weighted by molar-refractivity contribution is 6.31. The van der Waals surface area contributed by atoms with Gasteiger partial charge in [0.2, 0.25) is 0 Å². The fourth-order valence-electron chi connectivity index (χ4n) is 3.76. The van der Waals surface area contributed by atoms with Gasteiger partial charge in [-0.1, -0.05) is 41.4 Å². The van der Waals surface area contributed by atoms with E-state index in [1.54, 1.807) is 31.3 Å². The molecule has 0 saturated carbocycles. The SMILES string of the molecule is CNC(=O)c1cc(-c2ccc(OCc3ccc(Cl)cc3)c(-c3ccc(Cl)c(C(F)(F)F)c3)c2O)nn1C. The quantitative estimate of drug-likeness (QED) is 0.280. The summed E-state index contributed by atoms with van der Waals surface area (Å²) in [5.41, 5.74) is 0.417. The van der Waals surface area contributed by atoms with E-state index in [0.29, 0.717) is 5.02 Å². The standard InChI is InChI=1S/C26H20Cl2F3N3O3/c1-32-25(36)21-12-20(33-34(21)2)17-8-10-22(37-13-14-3-6-16(27)7-4-14)23(24(17)35)15-5-9-19(28)18(11-15)26(29,30)31/h3-12,35H,13H2,1-2H3,(H,32,36).